The summed E-state index contributed by atoms with van der Waals surface area (Å²) in [5.74, 6) is 0.501. The molecule has 0 fully saturated rings. The molecule has 0 radical (unpaired) electrons. The maximum absolute atomic E-state index is 12.9. The van der Waals surface area contributed by atoms with Gasteiger partial charge >= 0.3 is 0 Å². The molecule has 3 rings (SSSR count). The molecule has 0 aliphatic rings. The Hall–Kier alpha value is -3.21. The van der Waals surface area contributed by atoms with Crippen molar-refractivity contribution in [2.45, 2.75) is 19.9 Å². The monoisotopic (exact) mass is 346 g/mol. The van der Waals surface area contributed by atoms with E-state index in [1.165, 1.54) is 0 Å². The van der Waals surface area contributed by atoms with Gasteiger partial charge in [0.05, 0.1) is 6.04 Å². The molecule has 2 aromatic heterocycles. The third kappa shape index (κ3) is 3.88. The number of hydrogen-bond acceptors (Lipinski definition) is 4. The number of benzene rings is 1. The number of aryl methyl sites for hydroxylation is 2. The van der Waals surface area contributed by atoms with Crippen molar-refractivity contribution in [3.8, 4) is 0 Å². The van der Waals surface area contributed by atoms with Gasteiger partial charge in [-0.1, -0.05) is 29.8 Å². The first-order valence-corrected chi connectivity index (χ1v) is 8.50. The van der Waals surface area contributed by atoms with Crippen LogP contribution in [0.15, 0.2) is 61.1 Å². The van der Waals surface area contributed by atoms with E-state index in [9.17, 15) is 4.79 Å². The van der Waals surface area contributed by atoms with Crippen LogP contribution in [0.1, 0.15) is 38.7 Å². The van der Waals surface area contributed by atoms with Crippen molar-refractivity contribution < 1.29 is 4.79 Å². The van der Waals surface area contributed by atoms with Gasteiger partial charge in [0.2, 0.25) is 0 Å². The average Bonchev–Trinajstić information content (AvgIpc) is 2.68. The van der Waals surface area contributed by atoms with Gasteiger partial charge in [-0.3, -0.25) is 9.78 Å². The molecule has 1 amide bonds. The summed E-state index contributed by atoms with van der Waals surface area (Å²) in [6.45, 7) is 4.10. The number of aromatic nitrogens is 2. The van der Waals surface area contributed by atoms with E-state index in [0.717, 1.165) is 22.3 Å². The number of hydrogen-bond donors (Lipinski definition) is 2. The summed E-state index contributed by atoms with van der Waals surface area (Å²) >= 11 is 0. The molecular formula is C21H22N4O. The Labute approximate surface area is 153 Å². The quantitative estimate of drug-likeness (QED) is 0.740. The fourth-order valence-electron chi connectivity index (χ4n) is 2.88. The summed E-state index contributed by atoms with van der Waals surface area (Å²) in [6, 6.07) is 13.3. The van der Waals surface area contributed by atoms with Crippen molar-refractivity contribution in [1.29, 1.82) is 0 Å². The number of carbonyl (C=O) groups excluding carboxylic acids is 1. The second-order valence-electron chi connectivity index (χ2n) is 6.23. The van der Waals surface area contributed by atoms with Crippen LogP contribution in [0.25, 0.3) is 0 Å². The summed E-state index contributed by atoms with van der Waals surface area (Å²) in [4.78, 5) is 21.3. The number of nitrogens with zero attached hydrogens (tertiary/aromatic N) is 2. The van der Waals surface area contributed by atoms with E-state index >= 15 is 0 Å². The summed E-state index contributed by atoms with van der Waals surface area (Å²) < 4.78 is 0. The van der Waals surface area contributed by atoms with Crippen molar-refractivity contribution in [1.82, 2.24) is 15.3 Å². The predicted octanol–water partition coefficient (Wildman–Crippen LogP) is 3.65. The molecule has 5 nitrogen and oxygen atoms in total. The number of rotatable bonds is 5. The molecule has 5 heteroatoms. The number of nitrogens with one attached hydrogen (secondary N) is 2. The number of carbonyl (C=O) groups is 1. The molecule has 1 atom stereocenters. The molecule has 2 N–H and O–H groups in total. The summed E-state index contributed by atoms with van der Waals surface area (Å²) in [7, 11) is 1.78. The van der Waals surface area contributed by atoms with Crippen LogP contribution >= 0.6 is 0 Å². The van der Waals surface area contributed by atoms with Gasteiger partial charge in [-0.25, -0.2) is 4.98 Å². The lowest BCUT2D eigenvalue weighted by Gasteiger charge is -2.22. The van der Waals surface area contributed by atoms with Crippen molar-refractivity contribution >= 4 is 11.7 Å². The predicted molar refractivity (Wildman–Crippen MR) is 103 cm³/mol. The minimum absolute atomic E-state index is 0.154. The van der Waals surface area contributed by atoms with E-state index in [1.807, 2.05) is 19.1 Å². The van der Waals surface area contributed by atoms with E-state index in [-0.39, 0.29) is 11.9 Å². The third-order valence-corrected chi connectivity index (χ3v) is 4.32. The molecule has 0 saturated heterocycles. The summed E-state index contributed by atoms with van der Waals surface area (Å²) in [5, 5.41) is 6.11. The minimum Gasteiger partial charge on any atom is -0.373 e. The van der Waals surface area contributed by atoms with Gasteiger partial charge in [0, 0.05) is 31.2 Å². The molecule has 132 valence electrons. The van der Waals surface area contributed by atoms with Crippen LogP contribution in [-0.2, 0) is 0 Å². The van der Waals surface area contributed by atoms with Crippen molar-refractivity contribution in [2.24, 2.45) is 0 Å². The molecule has 0 aliphatic heterocycles. The number of pyridine rings is 2. The molecule has 3 aromatic rings. The molecule has 0 aliphatic carbocycles. The Kier molecular flexibility index (Phi) is 5.27. The highest BCUT2D eigenvalue weighted by molar-refractivity contribution is 5.95. The number of amides is 1. The second kappa shape index (κ2) is 7.78. The van der Waals surface area contributed by atoms with Gasteiger partial charge in [0.15, 0.2) is 0 Å². The highest BCUT2D eigenvalue weighted by Gasteiger charge is 2.20. The van der Waals surface area contributed by atoms with Crippen LogP contribution in [-0.4, -0.2) is 22.9 Å². The first-order valence-electron chi connectivity index (χ1n) is 8.50. The van der Waals surface area contributed by atoms with E-state index in [2.05, 4.69) is 45.7 Å². The van der Waals surface area contributed by atoms with Gasteiger partial charge < -0.3 is 10.6 Å². The zero-order valence-corrected chi connectivity index (χ0v) is 15.2. The standard InChI is InChI=1S/C21H22N4O/c1-14-6-7-15(2)18(11-14)20(17-5-4-9-23-13-17)25-21(26)16-8-10-24-19(12-16)22-3/h4-13,20H,1-3H3,(H,22,24)(H,25,26)/t20-/m1/s1. The van der Waals surface area contributed by atoms with E-state index in [1.54, 1.807) is 37.8 Å². The normalized spacial score (nSPS) is 11.7. The molecule has 26 heavy (non-hydrogen) atoms. The third-order valence-electron chi connectivity index (χ3n) is 4.32. The molecule has 2 heterocycles. The largest absolute Gasteiger partial charge is 0.373 e. The van der Waals surface area contributed by atoms with Crippen LogP contribution in [0.2, 0.25) is 0 Å². The Bertz CT molecular complexity index is 909. The maximum Gasteiger partial charge on any atom is 0.252 e. The molecule has 0 bridgehead atoms. The van der Waals surface area contributed by atoms with Gasteiger partial charge in [0.1, 0.15) is 5.82 Å². The van der Waals surface area contributed by atoms with Crippen LogP contribution in [0.4, 0.5) is 5.82 Å². The molecule has 0 unspecified atom stereocenters. The fraction of sp³-hybridized carbons (Fsp3) is 0.190. The highest BCUT2D eigenvalue weighted by atomic mass is 16.1. The second-order valence-corrected chi connectivity index (χ2v) is 6.23. The Morgan fingerprint density at radius 1 is 1.08 bits per heavy atom. The van der Waals surface area contributed by atoms with Gasteiger partial charge in [0.25, 0.3) is 5.91 Å². The first kappa shape index (κ1) is 17.6. The minimum atomic E-state index is -0.276. The summed E-state index contributed by atoms with van der Waals surface area (Å²) in [5.41, 5.74) is 4.83. The van der Waals surface area contributed by atoms with Crippen LogP contribution < -0.4 is 10.6 Å². The average molecular weight is 346 g/mol. The van der Waals surface area contributed by atoms with Gasteiger partial charge in [-0.05, 0) is 48.7 Å². The van der Waals surface area contributed by atoms with Gasteiger partial charge in [-0.15, -0.1) is 0 Å². The lowest BCUT2D eigenvalue weighted by molar-refractivity contribution is 0.0943. The zero-order chi connectivity index (χ0) is 18.5. The lowest BCUT2D eigenvalue weighted by atomic mass is 9.94. The van der Waals surface area contributed by atoms with Crippen LogP contribution in [0, 0.1) is 13.8 Å². The Morgan fingerprint density at radius 2 is 1.92 bits per heavy atom. The van der Waals surface area contributed by atoms with E-state index < -0.39 is 0 Å². The van der Waals surface area contributed by atoms with Crippen molar-refractivity contribution in [2.75, 3.05) is 12.4 Å². The fourth-order valence-corrected chi connectivity index (χ4v) is 2.88. The van der Waals surface area contributed by atoms with Crippen LogP contribution in [0.5, 0.6) is 0 Å². The Balaban J connectivity index is 1.98. The molecule has 0 spiro atoms. The zero-order valence-electron chi connectivity index (χ0n) is 15.2. The van der Waals surface area contributed by atoms with E-state index in [4.69, 9.17) is 0 Å². The van der Waals surface area contributed by atoms with E-state index in [0.29, 0.717) is 11.4 Å². The van der Waals surface area contributed by atoms with Crippen molar-refractivity contribution in [3.63, 3.8) is 0 Å². The number of anilines is 1. The molecular weight excluding hydrogens is 324 g/mol. The first-order chi connectivity index (χ1) is 12.6. The van der Waals surface area contributed by atoms with Gasteiger partial charge in [-0.2, -0.15) is 0 Å². The topological polar surface area (TPSA) is 66.9 Å². The lowest BCUT2D eigenvalue weighted by Crippen LogP contribution is -2.30. The SMILES string of the molecule is CNc1cc(C(=O)N[C@H](c2cccnc2)c2cc(C)ccc2C)ccn1. The highest BCUT2D eigenvalue weighted by Crippen LogP contribution is 2.26. The Morgan fingerprint density at radius 3 is 2.65 bits per heavy atom. The van der Waals surface area contributed by atoms with Crippen molar-refractivity contribution in [3.05, 3.63) is 88.9 Å². The molecule has 1 aromatic carbocycles. The smallest absolute Gasteiger partial charge is 0.252 e. The maximum atomic E-state index is 12.9. The molecule has 0 saturated carbocycles. The van der Waals surface area contributed by atoms with Crippen LogP contribution in [0.3, 0.4) is 0 Å². The summed E-state index contributed by atoms with van der Waals surface area (Å²) in [6.07, 6.45) is 5.14.